The van der Waals surface area contributed by atoms with Gasteiger partial charge in [0.1, 0.15) is 24.4 Å². The Kier molecular flexibility index (Phi) is 56.2. The third-order valence-electron chi connectivity index (χ3n) is 16.1. The third kappa shape index (κ3) is 48.5. The molecule has 0 aromatic carbocycles. The summed E-state index contributed by atoms with van der Waals surface area (Å²) in [5, 5.41) is 54.5. The van der Waals surface area contributed by atoms with E-state index >= 15 is 0 Å². The monoisotopic (exact) mass is 1140 g/mol. The molecule has 1 fully saturated rings. The largest absolute Gasteiger partial charge is 0.466 e. The molecule has 7 unspecified atom stereocenters. The maximum Gasteiger partial charge on any atom is 0.305 e. The van der Waals surface area contributed by atoms with Gasteiger partial charge in [-0.15, -0.1) is 0 Å². The standard InChI is InChI=1S/C70H129NO10/c1-3-5-7-9-11-13-15-16-33-37-40-44-48-52-56-63(73)62(61-80-70-69(78)68(77)67(76)64(60-72)81-70)71-65(74)57-53-49-45-41-38-34-31-29-27-25-23-21-19-17-18-20-22-24-26-28-30-32-35-39-43-47-51-55-59-79-66(75)58-54-50-46-42-36-14-12-10-8-6-4-2/h13,15,17-18,37,40,52,56,62-64,67-70,72-73,76-78H,3-12,14,16,19-36,38-39,41-51,53-55,57-61H2,1-2H3,(H,71,74)/b15-13+,18-17-,40-37+,56-52+. The van der Waals surface area contributed by atoms with Gasteiger partial charge in [0.05, 0.1) is 32.0 Å². The van der Waals surface area contributed by atoms with Gasteiger partial charge in [0.15, 0.2) is 6.29 Å². The van der Waals surface area contributed by atoms with Crippen LogP contribution in [0, 0.1) is 0 Å². The molecule has 1 amide bonds. The van der Waals surface area contributed by atoms with Crippen LogP contribution >= 0.6 is 0 Å². The van der Waals surface area contributed by atoms with Gasteiger partial charge in [-0.1, -0.05) is 274 Å². The molecule has 1 heterocycles. The SMILES string of the molecule is CCCCCC/C=C/CC/C=C/CC/C=C/C(O)C(COC1OC(CO)C(O)C(O)C1O)NC(=O)CCCCCCCCCCCCCC/C=C\CCCCCCCCCCCCCCOC(=O)CCCCCCCCCCCCC. The second-order valence-electron chi connectivity index (χ2n) is 23.9. The summed E-state index contributed by atoms with van der Waals surface area (Å²) in [7, 11) is 0. The molecule has 11 nitrogen and oxygen atoms in total. The summed E-state index contributed by atoms with van der Waals surface area (Å²) >= 11 is 0. The fourth-order valence-electron chi connectivity index (χ4n) is 10.7. The molecule has 0 aromatic heterocycles. The number of carbonyl (C=O) groups excluding carboxylic acids is 2. The van der Waals surface area contributed by atoms with Crippen molar-refractivity contribution < 1.29 is 49.3 Å². The Hall–Kier alpha value is -2.38. The zero-order chi connectivity index (χ0) is 58.7. The quantitative estimate of drug-likeness (QED) is 0.0195. The van der Waals surface area contributed by atoms with Gasteiger partial charge in [0.25, 0.3) is 0 Å². The second-order valence-corrected chi connectivity index (χ2v) is 23.9. The van der Waals surface area contributed by atoms with Crippen LogP contribution in [0.2, 0.25) is 0 Å². The number of esters is 1. The summed E-state index contributed by atoms with van der Waals surface area (Å²) in [5.41, 5.74) is 0. The normalized spacial score (nSPS) is 18.5. The molecule has 1 aliphatic heterocycles. The highest BCUT2D eigenvalue weighted by Crippen LogP contribution is 2.23. The van der Waals surface area contributed by atoms with Gasteiger partial charge in [-0.25, -0.2) is 0 Å². The van der Waals surface area contributed by atoms with Crippen LogP contribution in [0.4, 0.5) is 0 Å². The van der Waals surface area contributed by atoms with Gasteiger partial charge in [0, 0.05) is 12.8 Å². The maximum atomic E-state index is 13.1. The van der Waals surface area contributed by atoms with E-state index in [9.17, 15) is 35.1 Å². The summed E-state index contributed by atoms with van der Waals surface area (Å²) in [5.74, 6) is -0.190. The molecule has 1 saturated heterocycles. The number of carbonyl (C=O) groups is 2. The van der Waals surface area contributed by atoms with Crippen molar-refractivity contribution >= 4 is 11.9 Å². The number of rotatable bonds is 60. The molecule has 0 saturated carbocycles. The molecule has 0 spiro atoms. The molecule has 7 atom stereocenters. The number of unbranched alkanes of at least 4 members (excludes halogenated alkanes) is 40. The average molecular weight is 1140 g/mol. The molecule has 11 heteroatoms. The first-order chi connectivity index (χ1) is 39.7. The topological polar surface area (TPSA) is 175 Å². The lowest BCUT2D eigenvalue weighted by Gasteiger charge is -2.40. The van der Waals surface area contributed by atoms with E-state index in [0.717, 1.165) is 70.6 Å². The Morgan fingerprint density at radius 2 is 0.802 bits per heavy atom. The summed E-state index contributed by atoms with van der Waals surface area (Å²) < 4.78 is 16.7. The Morgan fingerprint density at radius 1 is 0.444 bits per heavy atom. The number of ether oxygens (including phenoxy) is 3. The van der Waals surface area contributed by atoms with E-state index < -0.39 is 49.5 Å². The lowest BCUT2D eigenvalue weighted by Crippen LogP contribution is -2.60. The zero-order valence-electron chi connectivity index (χ0n) is 52.5. The number of allylic oxidation sites excluding steroid dienone is 7. The van der Waals surface area contributed by atoms with Crippen molar-refractivity contribution in [3.05, 3.63) is 48.6 Å². The van der Waals surface area contributed by atoms with E-state index in [-0.39, 0.29) is 18.5 Å². The summed E-state index contributed by atoms with van der Waals surface area (Å²) in [6.45, 7) is 4.32. The highest BCUT2D eigenvalue weighted by molar-refractivity contribution is 5.76. The first-order valence-corrected chi connectivity index (χ1v) is 34.4. The van der Waals surface area contributed by atoms with Crippen LogP contribution in [-0.2, 0) is 23.8 Å². The van der Waals surface area contributed by atoms with E-state index in [1.165, 1.54) is 225 Å². The van der Waals surface area contributed by atoms with Crippen molar-refractivity contribution in [2.24, 2.45) is 0 Å². The van der Waals surface area contributed by atoms with Crippen LogP contribution < -0.4 is 5.32 Å². The van der Waals surface area contributed by atoms with Crippen molar-refractivity contribution in [3.63, 3.8) is 0 Å². The van der Waals surface area contributed by atoms with Gasteiger partial charge in [-0.3, -0.25) is 9.59 Å². The summed E-state index contributed by atoms with van der Waals surface area (Å²) in [6, 6.07) is -0.835. The highest BCUT2D eigenvalue weighted by atomic mass is 16.7. The molecule has 0 aromatic rings. The highest BCUT2D eigenvalue weighted by Gasteiger charge is 2.44. The molecule has 0 radical (unpaired) electrons. The predicted octanol–water partition coefficient (Wildman–Crippen LogP) is 17.2. The Labute approximate surface area is 497 Å². The van der Waals surface area contributed by atoms with Crippen LogP contribution in [0.3, 0.4) is 0 Å². The van der Waals surface area contributed by atoms with Crippen molar-refractivity contribution in [3.8, 4) is 0 Å². The Bertz CT molecular complexity index is 1480. The second kappa shape index (κ2) is 59.4. The van der Waals surface area contributed by atoms with Gasteiger partial charge in [0.2, 0.25) is 5.91 Å². The lowest BCUT2D eigenvalue weighted by atomic mass is 9.99. The van der Waals surface area contributed by atoms with Crippen molar-refractivity contribution in [2.45, 2.75) is 365 Å². The first kappa shape index (κ1) is 76.6. The average Bonchev–Trinajstić information content (AvgIpc) is 3.49. The van der Waals surface area contributed by atoms with Gasteiger partial charge in [-0.2, -0.15) is 0 Å². The van der Waals surface area contributed by atoms with Crippen LogP contribution in [0.15, 0.2) is 48.6 Å². The van der Waals surface area contributed by atoms with Crippen LogP contribution in [0.1, 0.15) is 322 Å². The van der Waals surface area contributed by atoms with Crippen LogP contribution in [0.5, 0.6) is 0 Å². The number of hydrogen-bond acceptors (Lipinski definition) is 10. The van der Waals surface area contributed by atoms with E-state index in [1.807, 2.05) is 6.08 Å². The minimum absolute atomic E-state index is 0.00588. The molecular formula is C70H129NO10. The van der Waals surface area contributed by atoms with E-state index in [4.69, 9.17) is 14.2 Å². The fraction of sp³-hybridized carbons (Fsp3) is 0.857. The van der Waals surface area contributed by atoms with Gasteiger partial charge in [-0.05, 0) is 83.5 Å². The predicted molar refractivity (Wildman–Crippen MR) is 338 cm³/mol. The zero-order valence-corrected chi connectivity index (χ0v) is 52.5. The van der Waals surface area contributed by atoms with Crippen molar-refractivity contribution in [2.75, 3.05) is 19.8 Å². The Morgan fingerprint density at radius 3 is 1.23 bits per heavy atom. The number of hydrogen-bond donors (Lipinski definition) is 6. The summed E-state index contributed by atoms with van der Waals surface area (Å²) in [6.07, 6.45) is 66.6. The van der Waals surface area contributed by atoms with E-state index in [1.54, 1.807) is 6.08 Å². The molecular weight excluding hydrogens is 1010 g/mol. The molecule has 0 bridgehead atoms. The smallest absolute Gasteiger partial charge is 0.305 e. The molecule has 474 valence electrons. The molecule has 1 rings (SSSR count). The van der Waals surface area contributed by atoms with Gasteiger partial charge < -0.3 is 45.1 Å². The van der Waals surface area contributed by atoms with Gasteiger partial charge >= 0.3 is 5.97 Å². The minimum atomic E-state index is -1.58. The van der Waals surface area contributed by atoms with Crippen molar-refractivity contribution in [1.82, 2.24) is 5.32 Å². The molecule has 1 aliphatic rings. The Balaban J connectivity index is 2.02. The lowest BCUT2D eigenvalue weighted by molar-refractivity contribution is -0.302. The maximum absolute atomic E-state index is 13.1. The van der Waals surface area contributed by atoms with Crippen molar-refractivity contribution in [1.29, 1.82) is 0 Å². The first-order valence-electron chi connectivity index (χ1n) is 34.4. The molecule has 6 N–H and O–H groups in total. The molecule has 0 aliphatic carbocycles. The van der Waals surface area contributed by atoms with Crippen LogP contribution in [0.25, 0.3) is 0 Å². The summed E-state index contributed by atoms with van der Waals surface area (Å²) in [4.78, 5) is 25.1. The number of aliphatic hydroxyl groups excluding tert-OH is 5. The number of nitrogens with one attached hydrogen (secondary N) is 1. The number of aliphatic hydroxyl groups is 5. The fourth-order valence-corrected chi connectivity index (χ4v) is 10.7. The number of amides is 1. The molecule has 81 heavy (non-hydrogen) atoms. The third-order valence-corrected chi connectivity index (χ3v) is 16.1. The van der Waals surface area contributed by atoms with E-state index in [2.05, 4.69) is 55.6 Å². The minimum Gasteiger partial charge on any atom is -0.466 e. The van der Waals surface area contributed by atoms with E-state index in [0.29, 0.717) is 19.4 Å². The van der Waals surface area contributed by atoms with Crippen LogP contribution in [-0.4, -0.2) is 100 Å².